The number of ether oxygens (including phenoxy) is 3. The molecule has 3 fully saturated rings. The highest BCUT2D eigenvalue weighted by Crippen LogP contribution is 2.45. The molecule has 1 aromatic heterocycles. The number of piperidine rings is 1. The summed E-state index contributed by atoms with van der Waals surface area (Å²) in [6.45, 7) is 5.04. The van der Waals surface area contributed by atoms with Gasteiger partial charge >= 0.3 is 5.97 Å². The molecule has 212 valence electrons. The minimum absolute atomic E-state index is 0.127. The number of halogens is 2. The van der Waals surface area contributed by atoms with Crippen LogP contribution in [0.1, 0.15) is 69.1 Å². The van der Waals surface area contributed by atoms with E-state index in [1.807, 2.05) is 18.2 Å². The Balaban J connectivity index is 1.19. The standard InChI is InChI=1S/C32H36F2N2O4/c1-32(2)39-29(23-6-4-9-28-24(23)16-22(38-3)17-35-28)11-10-19-12-13-36(18-25(19)31(37)40-32)21-14-20(15-21)30-26(33)7-5-8-27(30)34/h4-9,16-17,19-21,25,29H,10-15,18H2,1-3H3. The van der Waals surface area contributed by atoms with Gasteiger partial charge in [0.1, 0.15) is 17.4 Å². The molecule has 40 heavy (non-hydrogen) atoms. The van der Waals surface area contributed by atoms with Crippen LogP contribution in [0.3, 0.4) is 0 Å². The third-order valence-electron chi connectivity index (χ3n) is 9.02. The van der Waals surface area contributed by atoms with Gasteiger partial charge in [0.25, 0.3) is 0 Å². The Kier molecular flexibility index (Phi) is 7.25. The minimum atomic E-state index is -1.11. The van der Waals surface area contributed by atoms with Crippen LogP contribution in [0.4, 0.5) is 8.78 Å². The molecule has 2 saturated heterocycles. The Morgan fingerprint density at radius 1 is 1.05 bits per heavy atom. The molecule has 0 radical (unpaired) electrons. The predicted octanol–water partition coefficient (Wildman–Crippen LogP) is 6.54. The summed E-state index contributed by atoms with van der Waals surface area (Å²) >= 11 is 0. The van der Waals surface area contributed by atoms with Crippen molar-refractivity contribution in [3.63, 3.8) is 0 Å². The van der Waals surface area contributed by atoms with Crippen LogP contribution in [-0.4, -0.2) is 47.9 Å². The van der Waals surface area contributed by atoms with Gasteiger partial charge in [-0.1, -0.05) is 18.2 Å². The summed E-state index contributed by atoms with van der Waals surface area (Å²) in [5, 5.41) is 0.963. The third-order valence-corrected chi connectivity index (χ3v) is 9.02. The van der Waals surface area contributed by atoms with Gasteiger partial charge in [-0.2, -0.15) is 0 Å². The lowest BCUT2D eigenvalue weighted by Crippen LogP contribution is -2.52. The molecule has 3 unspecified atom stereocenters. The average Bonchev–Trinajstić information content (AvgIpc) is 2.95. The number of rotatable bonds is 4. The highest BCUT2D eigenvalue weighted by molar-refractivity contribution is 5.83. The maximum absolute atomic E-state index is 14.3. The van der Waals surface area contributed by atoms with Gasteiger partial charge in [-0.3, -0.25) is 14.7 Å². The van der Waals surface area contributed by atoms with E-state index in [-0.39, 0.29) is 41.4 Å². The number of hydrogen-bond donors (Lipinski definition) is 0. The van der Waals surface area contributed by atoms with Crippen LogP contribution in [0.5, 0.6) is 5.75 Å². The molecule has 1 aliphatic carbocycles. The van der Waals surface area contributed by atoms with Gasteiger partial charge in [0.05, 0.1) is 30.8 Å². The van der Waals surface area contributed by atoms with Crippen LogP contribution in [0.2, 0.25) is 0 Å². The number of hydrogen-bond acceptors (Lipinski definition) is 6. The lowest BCUT2D eigenvalue weighted by Gasteiger charge is -2.48. The number of benzene rings is 2. The second-order valence-electron chi connectivity index (χ2n) is 11.9. The van der Waals surface area contributed by atoms with Crippen LogP contribution in [0.25, 0.3) is 10.9 Å². The molecule has 3 aromatic rings. The van der Waals surface area contributed by atoms with Crippen molar-refractivity contribution in [1.82, 2.24) is 9.88 Å². The summed E-state index contributed by atoms with van der Waals surface area (Å²) in [7, 11) is 1.62. The van der Waals surface area contributed by atoms with Gasteiger partial charge in [-0.05, 0) is 80.3 Å². The minimum Gasteiger partial charge on any atom is -0.495 e. The Bertz CT molecular complexity index is 1390. The fraction of sp³-hybridized carbons (Fsp3) is 0.500. The van der Waals surface area contributed by atoms with E-state index < -0.39 is 17.4 Å². The molecule has 0 spiro atoms. The van der Waals surface area contributed by atoms with Gasteiger partial charge < -0.3 is 14.2 Å². The summed E-state index contributed by atoms with van der Waals surface area (Å²) in [5.74, 6) is -1.84. The number of methoxy groups -OCH3 is 1. The highest BCUT2D eigenvalue weighted by atomic mass is 19.1. The van der Waals surface area contributed by atoms with Gasteiger partial charge in [0.15, 0.2) is 0 Å². The maximum Gasteiger partial charge on any atom is 0.313 e. The highest BCUT2D eigenvalue weighted by Gasteiger charge is 2.45. The molecule has 6 nitrogen and oxygen atoms in total. The number of carbonyl (C=O) groups is 1. The largest absolute Gasteiger partial charge is 0.495 e. The number of esters is 1. The van der Waals surface area contributed by atoms with Gasteiger partial charge in [0, 0.05) is 37.4 Å². The van der Waals surface area contributed by atoms with Gasteiger partial charge in [-0.15, -0.1) is 0 Å². The summed E-state index contributed by atoms with van der Waals surface area (Å²) < 4.78 is 46.5. The fourth-order valence-corrected chi connectivity index (χ4v) is 6.87. The normalized spacial score (nSPS) is 28.9. The summed E-state index contributed by atoms with van der Waals surface area (Å²) in [4.78, 5) is 20.4. The zero-order valence-electron chi connectivity index (χ0n) is 23.2. The molecule has 3 aliphatic rings. The van der Waals surface area contributed by atoms with Crippen molar-refractivity contribution >= 4 is 16.9 Å². The Hall–Kier alpha value is -3.10. The molecule has 6 rings (SSSR count). The van der Waals surface area contributed by atoms with Gasteiger partial charge in [-0.25, -0.2) is 8.78 Å². The number of nitrogens with zero attached hydrogens (tertiary/aromatic N) is 2. The second kappa shape index (κ2) is 10.7. The zero-order valence-corrected chi connectivity index (χ0v) is 23.2. The van der Waals surface area contributed by atoms with E-state index in [1.54, 1.807) is 27.2 Å². The van der Waals surface area contributed by atoms with Crippen molar-refractivity contribution in [2.45, 2.75) is 69.8 Å². The second-order valence-corrected chi connectivity index (χ2v) is 11.9. The van der Waals surface area contributed by atoms with Crippen molar-refractivity contribution in [3.05, 3.63) is 71.4 Å². The van der Waals surface area contributed by atoms with E-state index in [1.165, 1.54) is 18.2 Å². The first-order valence-electron chi connectivity index (χ1n) is 14.2. The van der Waals surface area contributed by atoms with Crippen LogP contribution in [-0.2, 0) is 14.3 Å². The molecular weight excluding hydrogens is 514 g/mol. The first-order chi connectivity index (χ1) is 19.2. The molecular formula is C32H36F2N2O4. The third kappa shape index (κ3) is 5.19. The first kappa shape index (κ1) is 27.1. The van der Waals surface area contributed by atoms with Crippen LogP contribution in [0.15, 0.2) is 48.7 Å². The number of pyridine rings is 1. The Morgan fingerprint density at radius 2 is 1.80 bits per heavy atom. The summed E-state index contributed by atoms with van der Waals surface area (Å²) in [5.41, 5.74) is 2.06. The van der Waals surface area contributed by atoms with Crippen molar-refractivity contribution in [3.8, 4) is 5.75 Å². The predicted molar refractivity (Wildman–Crippen MR) is 147 cm³/mol. The van der Waals surface area contributed by atoms with Crippen LogP contribution in [0, 0.1) is 23.5 Å². The van der Waals surface area contributed by atoms with E-state index in [2.05, 4.69) is 16.0 Å². The van der Waals surface area contributed by atoms with Crippen molar-refractivity contribution in [2.75, 3.05) is 20.2 Å². The van der Waals surface area contributed by atoms with E-state index in [9.17, 15) is 13.6 Å². The van der Waals surface area contributed by atoms with E-state index in [0.717, 1.165) is 42.3 Å². The molecule has 8 heteroatoms. The lowest BCUT2D eigenvalue weighted by atomic mass is 9.72. The van der Waals surface area contributed by atoms with E-state index in [0.29, 0.717) is 25.1 Å². The maximum atomic E-state index is 14.3. The quantitative estimate of drug-likeness (QED) is 0.344. The van der Waals surface area contributed by atoms with Crippen LogP contribution >= 0.6 is 0 Å². The number of cyclic esters (lactones) is 1. The molecule has 3 atom stereocenters. The Labute approximate surface area is 233 Å². The fourth-order valence-electron chi connectivity index (χ4n) is 6.87. The van der Waals surface area contributed by atoms with Crippen molar-refractivity contribution < 1.29 is 27.8 Å². The number of fused-ring (bicyclic) bond motifs is 2. The average molecular weight is 551 g/mol. The monoisotopic (exact) mass is 550 g/mol. The summed E-state index contributed by atoms with van der Waals surface area (Å²) in [6.07, 6.45) is 5.26. The molecule has 1 saturated carbocycles. The zero-order chi connectivity index (χ0) is 28.0. The molecule has 2 aliphatic heterocycles. The summed E-state index contributed by atoms with van der Waals surface area (Å²) in [6, 6.07) is 12.2. The molecule has 0 N–H and O–H groups in total. The SMILES string of the molecule is COc1cnc2cccc(C3CCC4CCN(C5CC(c6c(F)cccc6F)C5)CC4C(=O)OC(C)(C)O3)c2c1. The van der Waals surface area contributed by atoms with Crippen molar-refractivity contribution in [1.29, 1.82) is 0 Å². The molecule has 0 bridgehead atoms. The molecule has 3 heterocycles. The van der Waals surface area contributed by atoms with Crippen molar-refractivity contribution in [2.24, 2.45) is 11.8 Å². The topological polar surface area (TPSA) is 60.9 Å². The molecule has 2 aromatic carbocycles. The van der Waals surface area contributed by atoms with E-state index >= 15 is 0 Å². The van der Waals surface area contributed by atoms with E-state index in [4.69, 9.17) is 14.2 Å². The Morgan fingerprint density at radius 3 is 2.55 bits per heavy atom. The van der Waals surface area contributed by atoms with Crippen LogP contribution < -0.4 is 4.74 Å². The molecule has 0 amide bonds. The first-order valence-corrected chi connectivity index (χ1v) is 14.2. The number of likely N-dealkylation sites (tertiary alicyclic amines) is 1. The smallest absolute Gasteiger partial charge is 0.313 e. The van der Waals surface area contributed by atoms with Gasteiger partial charge in [0.2, 0.25) is 5.79 Å². The number of aromatic nitrogens is 1. The number of carbonyl (C=O) groups excluding carboxylic acids is 1. The lowest BCUT2D eigenvalue weighted by molar-refractivity contribution is -0.236.